The molecule has 0 saturated carbocycles. The van der Waals surface area contributed by atoms with Crippen molar-refractivity contribution >= 4 is 28.1 Å². The number of rotatable bonds is 3. The summed E-state index contributed by atoms with van der Waals surface area (Å²) >= 11 is 0. The largest absolute Gasteiger partial charge is 0.333 e. The van der Waals surface area contributed by atoms with Gasteiger partial charge < -0.3 is 19.4 Å². The number of pyridine rings is 2. The van der Waals surface area contributed by atoms with Gasteiger partial charge in [-0.05, 0) is 38.1 Å². The number of aromatic nitrogens is 5. The molecule has 4 aromatic heterocycles. The highest BCUT2D eigenvalue weighted by Crippen LogP contribution is 2.31. The van der Waals surface area contributed by atoms with Crippen LogP contribution in [0.15, 0.2) is 36.7 Å². The average Bonchev–Trinajstić information content (AvgIpc) is 3.17. The molecule has 1 amide bonds. The zero-order chi connectivity index (χ0) is 20.6. The molecule has 3 atom stereocenters. The van der Waals surface area contributed by atoms with Gasteiger partial charge in [0.15, 0.2) is 11.5 Å². The Morgan fingerprint density at radius 1 is 1.27 bits per heavy atom. The van der Waals surface area contributed by atoms with Crippen LogP contribution in [0.3, 0.4) is 0 Å². The lowest BCUT2D eigenvalue weighted by molar-refractivity contribution is 0.0727. The van der Waals surface area contributed by atoms with E-state index in [1.807, 2.05) is 34.8 Å². The number of piperazine rings is 1. The van der Waals surface area contributed by atoms with Gasteiger partial charge in [-0.2, -0.15) is 0 Å². The van der Waals surface area contributed by atoms with E-state index in [-0.39, 0.29) is 11.9 Å². The highest BCUT2D eigenvalue weighted by Gasteiger charge is 2.51. The van der Waals surface area contributed by atoms with E-state index in [2.05, 4.69) is 45.8 Å². The van der Waals surface area contributed by atoms with Crippen molar-refractivity contribution in [3.05, 3.63) is 42.2 Å². The summed E-state index contributed by atoms with van der Waals surface area (Å²) in [6.07, 6.45) is 3.49. The Hall–Kier alpha value is -3.26. The van der Waals surface area contributed by atoms with Crippen LogP contribution in [0.4, 0.5) is 0 Å². The maximum absolute atomic E-state index is 13.1. The van der Waals surface area contributed by atoms with Gasteiger partial charge in [0, 0.05) is 56.0 Å². The number of aryl methyl sites for hydroxylation is 2. The quantitative estimate of drug-likeness (QED) is 0.532. The molecule has 8 heteroatoms. The summed E-state index contributed by atoms with van der Waals surface area (Å²) in [6, 6.07) is 9.10. The average molecular weight is 401 g/mol. The van der Waals surface area contributed by atoms with Crippen LogP contribution in [0.2, 0.25) is 0 Å². The molecule has 0 unspecified atom stereocenters. The predicted molar refractivity (Wildman–Crippen MR) is 114 cm³/mol. The molecule has 2 saturated heterocycles. The first-order valence-corrected chi connectivity index (χ1v) is 10.4. The molecule has 2 aliphatic heterocycles. The Labute approximate surface area is 173 Å². The minimum Gasteiger partial charge on any atom is -0.333 e. The first-order valence-electron chi connectivity index (χ1n) is 10.4. The van der Waals surface area contributed by atoms with Gasteiger partial charge in [0.25, 0.3) is 5.91 Å². The van der Waals surface area contributed by atoms with Crippen molar-refractivity contribution in [2.45, 2.75) is 38.5 Å². The number of carbonyl (C=O) groups excluding carboxylic acids is 1. The van der Waals surface area contributed by atoms with Crippen LogP contribution in [0.1, 0.15) is 24.2 Å². The van der Waals surface area contributed by atoms with E-state index >= 15 is 0 Å². The number of nitrogens with one attached hydrogen (secondary N) is 1. The van der Waals surface area contributed by atoms with E-state index in [4.69, 9.17) is 4.98 Å². The summed E-state index contributed by atoms with van der Waals surface area (Å²) in [6.45, 7) is 5.76. The van der Waals surface area contributed by atoms with Crippen LogP contribution >= 0.6 is 0 Å². The molecule has 0 aromatic carbocycles. The Morgan fingerprint density at radius 2 is 2.13 bits per heavy atom. The standard InChI is InChI=1S/C22H23N7O/c1-4-28-17(9-13-6-5-7-23-19(13)28)21-26-15-8-14(10-24-20(15)27(21)3)22(30)29-11-16-18(25-16)12(29)2/h5-10,12,16,18,25H,4,11H2,1-3H3/t12-,16-,18+/m0/s1. The van der Waals surface area contributed by atoms with Crippen LogP contribution in [0.25, 0.3) is 33.7 Å². The second-order valence-electron chi connectivity index (χ2n) is 8.25. The monoisotopic (exact) mass is 401 g/mol. The molecular weight excluding hydrogens is 378 g/mol. The van der Waals surface area contributed by atoms with Gasteiger partial charge in [0.2, 0.25) is 0 Å². The highest BCUT2D eigenvalue weighted by molar-refractivity contribution is 5.97. The number of carbonyl (C=O) groups is 1. The number of amides is 1. The van der Waals surface area contributed by atoms with Crippen molar-refractivity contribution in [1.29, 1.82) is 0 Å². The third-order valence-electron chi connectivity index (χ3n) is 6.55. The van der Waals surface area contributed by atoms with E-state index in [1.54, 1.807) is 6.20 Å². The molecule has 8 nitrogen and oxygen atoms in total. The van der Waals surface area contributed by atoms with E-state index in [0.29, 0.717) is 17.6 Å². The van der Waals surface area contributed by atoms with Crippen molar-refractivity contribution in [2.75, 3.05) is 6.54 Å². The van der Waals surface area contributed by atoms with E-state index in [1.165, 1.54) is 0 Å². The van der Waals surface area contributed by atoms with Gasteiger partial charge in [0.1, 0.15) is 11.2 Å². The maximum atomic E-state index is 13.1. The second kappa shape index (κ2) is 6.12. The number of hydrogen-bond acceptors (Lipinski definition) is 5. The van der Waals surface area contributed by atoms with E-state index in [9.17, 15) is 4.79 Å². The number of fused-ring (bicyclic) bond motifs is 3. The summed E-state index contributed by atoms with van der Waals surface area (Å²) in [5.74, 6) is 0.854. The summed E-state index contributed by atoms with van der Waals surface area (Å²) in [5, 5.41) is 4.49. The Morgan fingerprint density at radius 3 is 2.90 bits per heavy atom. The molecule has 152 valence electrons. The molecule has 2 fully saturated rings. The van der Waals surface area contributed by atoms with Crippen LogP contribution in [0, 0.1) is 0 Å². The smallest absolute Gasteiger partial charge is 0.255 e. The summed E-state index contributed by atoms with van der Waals surface area (Å²) in [5.41, 5.74) is 4.04. The van der Waals surface area contributed by atoms with Crippen LogP contribution in [-0.4, -0.2) is 59.6 Å². The van der Waals surface area contributed by atoms with Crippen molar-refractivity contribution in [2.24, 2.45) is 7.05 Å². The Bertz CT molecular complexity index is 1320. The van der Waals surface area contributed by atoms with Gasteiger partial charge in [-0.15, -0.1) is 0 Å². The zero-order valence-corrected chi connectivity index (χ0v) is 17.2. The molecule has 4 aromatic rings. The van der Waals surface area contributed by atoms with Crippen molar-refractivity contribution in [3.8, 4) is 11.5 Å². The lowest BCUT2D eigenvalue weighted by Crippen LogP contribution is -2.40. The van der Waals surface area contributed by atoms with Crippen molar-refractivity contribution in [3.63, 3.8) is 0 Å². The number of nitrogens with zero attached hydrogens (tertiary/aromatic N) is 6. The normalized spacial score (nSPS) is 22.8. The zero-order valence-electron chi connectivity index (χ0n) is 17.2. The Kier molecular flexibility index (Phi) is 3.59. The fraction of sp³-hybridized carbons (Fsp3) is 0.364. The van der Waals surface area contributed by atoms with Crippen LogP contribution < -0.4 is 5.32 Å². The molecule has 0 spiro atoms. The summed E-state index contributed by atoms with van der Waals surface area (Å²) < 4.78 is 4.15. The van der Waals surface area contributed by atoms with Crippen molar-refractivity contribution in [1.82, 2.24) is 34.3 Å². The third-order valence-corrected chi connectivity index (χ3v) is 6.55. The van der Waals surface area contributed by atoms with Crippen molar-refractivity contribution < 1.29 is 4.79 Å². The fourth-order valence-corrected chi connectivity index (χ4v) is 4.85. The summed E-state index contributed by atoms with van der Waals surface area (Å²) in [7, 11) is 1.96. The van der Waals surface area contributed by atoms with Gasteiger partial charge >= 0.3 is 0 Å². The molecule has 6 rings (SSSR count). The number of imidazole rings is 1. The summed E-state index contributed by atoms with van der Waals surface area (Å²) in [4.78, 5) is 29.0. The SMILES string of the molecule is CCn1c(-c2nc3cc(C(=O)N4C[C@@H]5N[C@@H]5[C@@H]4C)cnc3n2C)cc2cccnc21. The molecule has 6 heterocycles. The highest BCUT2D eigenvalue weighted by atomic mass is 16.2. The lowest BCUT2D eigenvalue weighted by Gasteiger charge is -2.24. The predicted octanol–water partition coefficient (Wildman–Crippen LogP) is 2.19. The molecule has 1 N–H and O–H groups in total. The van der Waals surface area contributed by atoms with Crippen LogP contribution in [-0.2, 0) is 13.6 Å². The number of likely N-dealkylation sites (tertiary alicyclic amines) is 1. The lowest BCUT2D eigenvalue weighted by atomic mass is 10.2. The molecular formula is C22H23N7O. The van der Waals surface area contributed by atoms with Crippen LogP contribution in [0.5, 0.6) is 0 Å². The molecule has 2 aliphatic rings. The van der Waals surface area contributed by atoms with Gasteiger partial charge in [-0.25, -0.2) is 15.0 Å². The molecule has 0 bridgehead atoms. The fourth-order valence-electron chi connectivity index (χ4n) is 4.85. The molecule has 30 heavy (non-hydrogen) atoms. The topological polar surface area (TPSA) is 90.8 Å². The van der Waals surface area contributed by atoms with E-state index < -0.39 is 0 Å². The van der Waals surface area contributed by atoms with E-state index in [0.717, 1.165) is 46.8 Å². The van der Waals surface area contributed by atoms with Gasteiger partial charge in [-0.1, -0.05) is 0 Å². The van der Waals surface area contributed by atoms with Gasteiger partial charge in [0.05, 0.1) is 11.3 Å². The maximum Gasteiger partial charge on any atom is 0.255 e. The molecule has 0 radical (unpaired) electrons. The second-order valence-corrected chi connectivity index (χ2v) is 8.25. The minimum absolute atomic E-state index is 0.0324. The molecule has 0 aliphatic carbocycles. The minimum atomic E-state index is 0.0324. The van der Waals surface area contributed by atoms with Gasteiger partial charge in [-0.3, -0.25) is 4.79 Å². The third kappa shape index (κ3) is 2.37. The number of hydrogen-bond donors (Lipinski definition) is 1. The first kappa shape index (κ1) is 17.6. The first-order chi connectivity index (χ1) is 14.6. The Balaban J connectivity index is 1.43.